The van der Waals surface area contributed by atoms with Crippen molar-refractivity contribution in [1.82, 2.24) is 0 Å². The second-order valence-corrected chi connectivity index (χ2v) is 9.19. The maximum atomic E-state index is 14.7. The highest BCUT2D eigenvalue weighted by Gasteiger charge is 2.28. The Morgan fingerprint density at radius 3 is 1.90 bits per heavy atom. The minimum atomic E-state index is -1.60. The highest BCUT2D eigenvalue weighted by molar-refractivity contribution is 5.64. The van der Waals surface area contributed by atoms with Gasteiger partial charge in [0.25, 0.3) is 0 Å². The number of halogens is 5. The molecular formula is C25H27F5. The van der Waals surface area contributed by atoms with E-state index in [1.807, 2.05) is 0 Å². The van der Waals surface area contributed by atoms with Crippen LogP contribution in [0.1, 0.15) is 64.7 Å². The van der Waals surface area contributed by atoms with E-state index in [2.05, 4.69) is 6.92 Å². The summed E-state index contributed by atoms with van der Waals surface area (Å²) in [6.07, 6.45) is 8.89. The third-order valence-corrected chi connectivity index (χ3v) is 7.23. The Labute approximate surface area is 173 Å². The number of rotatable bonds is 1. The van der Waals surface area contributed by atoms with Crippen LogP contribution in [-0.2, 0) is 0 Å². The molecule has 30 heavy (non-hydrogen) atoms. The van der Waals surface area contributed by atoms with Crippen LogP contribution >= 0.6 is 0 Å². The van der Waals surface area contributed by atoms with Crippen molar-refractivity contribution in [1.29, 1.82) is 0 Å². The first kappa shape index (κ1) is 21.3. The molecule has 0 radical (unpaired) electrons. The SMILES string of the molecule is CC1CCC(C2CCC(=c3cc(F)c(=C4C=C(F)C(F)=C(F)C4)c(F)c3)CC2)CC1. The first-order valence-corrected chi connectivity index (χ1v) is 11.0. The minimum absolute atomic E-state index is 0.229. The highest BCUT2D eigenvalue weighted by atomic mass is 19.2. The lowest BCUT2D eigenvalue weighted by Gasteiger charge is -2.35. The van der Waals surface area contributed by atoms with Crippen molar-refractivity contribution < 1.29 is 22.0 Å². The van der Waals surface area contributed by atoms with Crippen molar-refractivity contribution in [2.75, 3.05) is 0 Å². The summed E-state index contributed by atoms with van der Waals surface area (Å²) >= 11 is 0. The molecule has 0 bridgehead atoms. The molecule has 0 nitrogen and oxygen atoms in total. The maximum absolute atomic E-state index is 14.7. The quantitative estimate of drug-likeness (QED) is 0.442. The van der Waals surface area contributed by atoms with Gasteiger partial charge in [-0.2, -0.15) is 0 Å². The summed E-state index contributed by atoms with van der Waals surface area (Å²) in [6, 6.07) is 2.50. The molecule has 0 amide bonds. The fraction of sp³-hybridized carbons (Fsp3) is 0.520. The van der Waals surface area contributed by atoms with E-state index >= 15 is 0 Å². The number of allylic oxidation sites excluding steroid dienone is 4. The van der Waals surface area contributed by atoms with E-state index < -0.39 is 40.8 Å². The molecule has 3 aliphatic rings. The Morgan fingerprint density at radius 2 is 1.33 bits per heavy atom. The Balaban J connectivity index is 1.59. The Kier molecular flexibility index (Phi) is 6.17. The van der Waals surface area contributed by atoms with Gasteiger partial charge in [-0.05, 0) is 85.3 Å². The molecule has 162 valence electrons. The highest BCUT2D eigenvalue weighted by Crippen LogP contribution is 2.41. The van der Waals surface area contributed by atoms with E-state index in [1.165, 1.54) is 37.8 Å². The summed E-state index contributed by atoms with van der Waals surface area (Å²) < 4.78 is 69.8. The maximum Gasteiger partial charge on any atom is 0.190 e. The molecule has 3 aliphatic carbocycles. The number of benzene rings is 1. The zero-order valence-corrected chi connectivity index (χ0v) is 17.2. The second kappa shape index (κ2) is 8.68. The van der Waals surface area contributed by atoms with Crippen molar-refractivity contribution in [3.63, 3.8) is 0 Å². The number of hydrogen-bond acceptors (Lipinski definition) is 0. The normalized spacial score (nSPS) is 28.1. The van der Waals surface area contributed by atoms with Crippen LogP contribution in [0.4, 0.5) is 22.0 Å². The Morgan fingerprint density at radius 1 is 0.767 bits per heavy atom. The van der Waals surface area contributed by atoms with Crippen LogP contribution in [0.5, 0.6) is 0 Å². The predicted octanol–water partition coefficient (Wildman–Crippen LogP) is 6.69. The van der Waals surface area contributed by atoms with Gasteiger partial charge < -0.3 is 0 Å². The van der Waals surface area contributed by atoms with Crippen LogP contribution in [0.15, 0.2) is 35.7 Å². The van der Waals surface area contributed by atoms with Crippen LogP contribution in [0.2, 0.25) is 0 Å². The van der Waals surface area contributed by atoms with E-state index in [4.69, 9.17) is 0 Å². The molecule has 0 saturated heterocycles. The smallest absolute Gasteiger partial charge is 0.190 e. The third-order valence-electron chi connectivity index (χ3n) is 7.23. The molecule has 4 rings (SSSR count). The average molecular weight is 422 g/mol. The summed E-state index contributed by atoms with van der Waals surface area (Å²) in [5, 5.41) is 0.0367. The molecule has 0 aromatic heterocycles. The summed E-state index contributed by atoms with van der Waals surface area (Å²) in [5.41, 5.74) is 0.806. The van der Waals surface area contributed by atoms with E-state index in [0.717, 1.165) is 43.1 Å². The van der Waals surface area contributed by atoms with Gasteiger partial charge in [0, 0.05) is 11.6 Å². The largest absolute Gasteiger partial charge is 0.208 e. The van der Waals surface area contributed by atoms with Gasteiger partial charge in [0.05, 0.1) is 0 Å². The lowest BCUT2D eigenvalue weighted by Crippen LogP contribution is -2.26. The fourth-order valence-electron chi connectivity index (χ4n) is 5.39. The van der Waals surface area contributed by atoms with Crippen molar-refractivity contribution in [2.24, 2.45) is 17.8 Å². The van der Waals surface area contributed by atoms with Crippen LogP contribution in [-0.4, -0.2) is 0 Å². The molecular weight excluding hydrogens is 395 g/mol. The molecule has 2 saturated carbocycles. The molecule has 5 heteroatoms. The van der Waals surface area contributed by atoms with Gasteiger partial charge in [-0.3, -0.25) is 0 Å². The third kappa shape index (κ3) is 4.26. The minimum Gasteiger partial charge on any atom is -0.208 e. The van der Waals surface area contributed by atoms with Gasteiger partial charge in [0.1, 0.15) is 17.5 Å². The Bertz CT molecular complexity index is 969. The first-order chi connectivity index (χ1) is 14.3. The van der Waals surface area contributed by atoms with Gasteiger partial charge in [0.15, 0.2) is 11.7 Å². The zero-order valence-electron chi connectivity index (χ0n) is 17.2. The summed E-state index contributed by atoms with van der Waals surface area (Å²) in [6.45, 7) is 2.31. The molecule has 0 aliphatic heterocycles. The fourth-order valence-corrected chi connectivity index (χ4v) is 5.39. The molecule has 0 atom stereocenters. The first-order valence-electron chi connectivity index (χ1n) is 11.0. The van der Waals surface area contributed by atoms with E-state index in [1.54, 1.807) is 0 Å². The molecule has 1 aromatic rings. The summed E-state index contributed by atoms with van der Waals surface area (Å²) in [5.74, 6) is -3.85. The van der Waals surface area contributed by atoms with Crippen LogP contribution in [0.25, 0.3) is 11.1 Å². The molecule has 0 N–H and O–H groups in total. The molecule has 0 heterocycles. The molecule has 0 unspecified atom stereocenters. The van der Waals surface area contributed by atoms with Crippen LogP contribution < -0.4 is 10.4 Å². The van der Waals surface area contributed by atoms with Crippen molar-refractivity contribution in [3.05, 3.63) is 57.8 Å². The average Bonchev–Trinajstić information content (AvgIpc) is 2.72. The van der Waals surface area contributed by atoms with Gasteiger partial charge in [-0.1, -0.05) is 25.3 Å². The van der Waals surface area contributed by atoms with Gasteiger partial charge in [-0.15, -0.1) is 0 Å². The van der Waals surface area contributed by atoms with Crippen LogP contribution in [0.3, 0.4) is 0 Å². The monoisotopic (exact) mass is 422 g/mol. The van der Waals surface area contributed by atoms with Gasteiger partial charge >= 0.3 is 0 Å². The topological polar surface area (TPSA) is 0 Å². The van der Waals surface area contributed by atoms with Crippen LogP contribution in [0, 0.1) is 29.4 Å². The summed E-state index contributed by atoms with van der Waals surface area (Å²) in [4.78, 5) is 0. The predicted molar refractivity (Wildman–Crippen MR) is 109 cm³/mol. The lowest BCUT2D eigenvalue weighted by atomic mass is 9.70. The number of hydrogen-bond donors (Lipinski definition) is 0. The van der Waals surface area contributed by atoms with Gasteiger partial charge in [-0.25, -0.2) is 22.0 Å². The lowest BCUT2D eigenvalue weighted by molar-refractivity contribution is 0.189. The second-order valence-electron chi connectivity index (χ2n) is 9.19. The van der Waals surface area contributed by atoms with Crippen molar-refractivity contribution in [3.8, 4) is 0 Å². The summed E-state index contributed by atoms with van der Waals surface area (Å²) in [7, 11) is 0. The molecule has 0 spiro atoms. The van der Waals surface area contributed by atoms with E-state index in [9.17, 15) is 22.0 Å². The standard InChI is InChI=1S/C25H27F5/c1-14-2-4-15(5-3-14)16-6-8-17(9-7-16)18-10-20(26)24(21(27)11-18)19-12-22(28)25(30)23(29)13-19/h10-12,14-16H,2-9,13H2,1H3. The van der Waals surface area contributed by atoms with Crippen molar-refractivity contribution in [2.45, 2.75) is 64.7 Å². The Hall–Kier alpha value is -1.91. The molecule has 2 fully saturated rings. The van der Waals surface area contributed by atoms with E-state index in [0.29, 0.717) is 17.2 Å². The molecule has 1 aromatic carbocycles. The van der Waals surface area contributed by atoms with Crippen molar-refractivity contribution >= 4 is 11.1 Å². The zero-order chi connectivity index (χ0) is 21.4. The van der Waals surface area contributed by atoms with E-state index in [-0.39, 0.29) is 5.57 Å². The van der Waals surface area contributed by atoms with Gasteiger partial charge in [0.2, 0.25) is 0 Å².